The van der Waals surface area contributed by atoms with E-state index < -0.39 is 0 Å². The van der Waals surface area contributed by atoms with Crippen molar-refractivity contribution in [1.29, 1.82) is 0 Å². The highest BCUT2D eigenvalue weighted by molar-refractivity contribution is 5.80. The summed E-state index contributed by atoms with van der Waals surface area (Å²) in [7, 11) is 0. The Bertz CT molecular complexity index is 973. The topological polar surface area (TPSA) is 3.24 Å². The highest BCUT2D eigenvalue weighted by Crippen LogP contribution is 2.46. The standard InChI is InChI=1S/C28H35N/c1-10-23-22(9)29-16-26(21(8)27(29)15-25(23)20(7)17(3)4)24(11-2)28-18(5)13-12-14-19(28)6/h12-15,20H,3,8-11,16H2,1-2,4-7H3/b26-24-/t20-/m1/s1. The maximum atomic E-state index is 4.54. The zero-order valence-electron chi connectivity index (χ0n) is 19.1. The van der Waals surface area contributed by atoms with Gasteiger partial charge in [-0.15, -0.1) is 0 Å². The van der Waals surface area contributed by atoms with E-state index in [1.54, 1.807) is 0 Å². The third-order valence-corrected chi connectivity index (χ3v) is 6.66. The third-order valence-electron chi connectivity index (χ3n) is 6.66. The number of rotatable bonds is 5. The summed E-state index contributed by atoms with van der Waals surface area (Å²) in [6.07, 6.45) is 4.33. The molecule has 1 nitrogen and oxygen atoms in total. The molecule has 0 saturated carbocycles. The van der Waals surface area contributed by atoms with Crippen molar-refractivity contribution in [3.63, 3.8) is 0 Å². The van der Waals surface area contributed by atoms with Crippen LogP contribution in [0.25, 0.3) is 5.57 Å². The molecule has 2 aliphatic rings. The van der Waals surface area contributed by atoms with E-state index in [-0.39, 0.29) is 0 Å². The second-order valence-corrected chi connectivity index (χ2v) is 8.47. The summed E-state index contributed by atoms with van der Waals surface area (Å²) in [5.74, 6) is 0.321. The van der Waals surface area contributed by atoms with Gasteiger partial charge in [0.05, 0.1) is 0 Å². The molecule has 1 aromatic rings. The Balaban J connectivity index is 2.16. The Kier molecular flexibility index (Phi) is 5.89. The van der Waals surface area contributed by atoms with Crippen molar-refractivity contribution in [2.24, 2.45) is 5.92 Å². The lowest BCUT2D eigenvalue weighted by Gasteiger charge is -2.32. The van der Waals surface area contributed by atoms with Gasteiger partial charge in [-0.25, -0.2) is 0 Å². The van der Waals surface area contributed by atoms with Crippen molar-refractivity contribution < 1.29 is 0 Å². The molecule has 1 saturated heterocycles. The maximum Gasteiger partial charge on any atom is 0.0491 e. The number of nitrogens with zero attached hydrogens (tertiary/aromatic N) is 1. The first-order chi connectivity index (χ1) is 13.7. The van der Waals surface area contributed by atoms with Crippen LogP contribution in [0, 0.1) is 19.8 Å². The summed E-state index contributed by atoms with van der Waals surface area (Å²) in [4.78, 5) is 2.37. The van der Waals surface area contributed by atoms with Gasteiger partial charge < -0.3 is 4.90 Å². The highest BCUT2D eigenvalue weighted by atomic mass is 15.2. The van der Waals surface area contributed by atoms with Gasteiger partial charge >= 0.3 is 0 Å². The minimum absolute atomic E-state index is 0.321. The minimum atomic E-state index is 0.321. The van der Waals surface area contributed by atoms with Gasteiger partial charge in [-0.3, -0.25) is 0 Å². The molecular formula is C28H35N. The zero-order valence-corrected chi connectivity index (χ0v) is 19.1. The van der Waals surface area contributed by atoms with Crippen LogP contribution >= 0.6 is 0 Å². The predicted molar refractivity (Wildman–Crippen MR) is 127 cm³/mol. The summed E-state index contributed by atoms with van der Waals surface area (Å²) in [6, 6.07) is 6.57. The summed E-state index contributed by atoms with van der Waals surface area (Å²) in [5.41, 5.74) is 14.2. The average molecular weight is 386 g/mol. The SMILES string of the molecule is C=C1C2=CC([C@H](C)C(=C)C)=C(CC)C(=C)N2C/C1=C(\CC)c1c(C)cccc1C. The molecule has 152 valence electrons. The molecule has 0 aliphatic carbocycles. The molecular weight excluding hydrogens is 350 g/mol. The van der Waals surface area contributed by atoms with Crippen molar-refractivity contribution >= 4 is 5.57 Å². The molecule has 2 aliphatic heterocycles. The van der Waals surface area contributed by atoms with Gasteiger partial charge in [0.15, 0.2) is 0 Å². The van der Waals surface area contributed by atoms with E-state index >= 15 is 0 Å². The van der Waals surface area contributed by atoms with Crippen molar-refractivity contribution in [3.05, 3.63) is 100.0 Å². The first-order valence-corrected chi connectivity index (χ1v) is 10.8. The first kappa shape index (κ1) is 21.2. The second-order valence-electron chi connectivity index (χ2n) is 8.47. The van der Waals surface area contributed by atoms with Crippen molar-refractivity contribution in [1.82, 2.24) is 4.90 Å². The average Bonchev–Trinajstić information content (AvgIpc) is 3.01. The summed E-state index contributed by atoms with van der Waals surface area (Å²) >= 11 is 0. The minimum Gasteiger partial charge on any atom is -0.337 e. The number of allylic oxidation sites excluding steroid dienone is 6. The van der Waals surface area contributed by atoms with Crippen LogP contribution in [0.1, 0.15) is 57.2 Å². The maximum absolute atomic E-state index is 4.54. The molecule has 1 fully saturated rings. The van der Waals surface area contributed by atoms with E-state index in [4.69, 9.17) is 0 Å². The van der Waals surface area contributed by atoms with Crippen LogP contribution in [0.2, 0.25) is 0 Å². The third kappa shape index (κ3) is 3.48. The van der Waals surface area contributed by atoms with Gasteiger partial charge in [-0.1, -0.05) is 64.3 Å². The van der Waals surface area contributed by atoms with Crippen LogP contribution in [-0.2, 0) is 0 Å². The smallest absolute Gasteiger partial charge is 0.0491 e. The Morgan fingerprint density at radius 3 is 2.28 bits per heavy atom. The number of benzene rings is 1. The molecule has 0 spiro atoms. The summed E-state index contributed by atoms with van der Waals surface area (Å²) in [6.45, 7) is 27.4. The van der Waals surface area contributed by atoms with E-state index in [1.807, 2.05) is 0 Å². The van der Waals surface area contributed by atoms with E-state index in [0.29, 0.717) is 5.92 Å². The Morgan fingerprint density at radius 1 is 1.14 bits per heavy atom. The van der Waals surface area contributed by atoms with Crippen LogP contribution in [0.4, 0.5) is 0 Å². The lowest BCUT2D eigenvalue weighted by Crippen LogP contribution is -2.24. The fourth-order valence-corrected chi connectivity index (χ4v) is 4.80. The molecule has 0 N–H and O–H groups in total. The first-order valence-electron chi connectivity index (χ1n) is 10.8. The van der Waals surface area contributed by atoms with Crippen LogP contribution in [0.5, 0.6) is 0 Å². The fraction of sp³-hybridized carbons (Fsp3) is 0.357. The molecule has 0 bridgehead atoms. The van der Waals surface area contributed by atoms with Crippen molar-refractivity contribution in [2.75, 3.05) is 6.54 Å². The molecule has 2 heterocycles. The van der Waals surface area contributed by atoms with Crippen LogP contribution in [0.3, 0.4) is 0 Å². The number of hydrogen-bond acceptors (Lipinski definition) is 1. The van der Waals surface area contributed by atoms with Gasteiger partial charge in [-0.05, 0) is 84.2 Å². The molecule has 1 atom stereocenters. The summed E-state index contributed by atoms with van der Waals surface area (Å²) in [5, 5.41) is 0. The van der Waals surface area contributed by atoms with E-state index in [0.717, 1.165) is 30.7 Å². The number of hydrogen-bond donors (Lipinski definition) is 0. The van der Waals surface area contributed by atoms with E-state index in [2.05, 4.69) is 90.5 Å². The Morgan fingerprint density at radius 2 is 1.76 bits per heavy atom. The highest BCUT2D eigenvalue weighted by Gasteiger charge is 2.34. The van der Waals surface area contributed by atoms with Crippen molar-refractivity contribution in [3.8, 4) is 0 Å². The number of aryl methyl sites for hydroxylation is 2. The lowest BCUT2D eigenvalue weighted by molar-refractivity contribution is 0.503. The monoisotopic (exact) mass is 385 g/mol. The molecule has 1 heteroatoms. The quantitative estimate of drug-likeness (QED) is 0.470. The van der Waals surface area contributed by atoms with Crippen molar-refractivity contribution in [2.45, 2.75) is 54.4 Å². The zero-order chi connectivity index (χ0) is 21.5. The normalized spacial score (nSPS) is 19.4. The molecule has 1 aromatic carbocycles. The number of fused-ring (bicyclic) bond motifs is 1. The fourth-order valence-electron chi connectivity index (χ4n) is 4.80. The van der Waals surface area contributed by atoms with Crippen LogP contribution in [-0.4, -0.2) is 11.4 Å². The molecule has 3 rings (SSSR count). The van der Waals surface area contributed by atoms with Gasteiger partial charge in [0.25, 0.3) is 0 Å². The Labute approximate surface area is 177 Å². The van der Waals surface area contributed by atoms with Gasteiger partial charge in [0.2, 0.25) is 0 Å². The second kappa shape index (κ2) is 8.06. The van der Waals surface area contributed by atoms with E-state index in [9.17, 15) is 0 Å². The molecule has 0 amide bonds. The molecule has 0 radical (unpaired) electrons. The summed E-state index contributed by atoms with van der Waals surface area (Å²) < 4.78 is 0. The molecule has 0 aromatic heterocycles. The largest absolute Gasteiger partial charge is 0.337 e. The Hall–Kier alpha value is -2.54. The molecule has 0 unspecified atom stereocenters. The van der Waals surface area contributed by atoms with E-state index in [1.165, 1.54) is 50.3 Å². The molecule has 29 heavy (non-hydrogen) atoms. The van der Waals surface area contributed by atoms with Gasteiger partial charge in [0, 0.05) is 23.9 Å². The van der Waals surface area contributed by atoms with Gasteiger partial charge in [-0.2, -0.15) is 0 Å². The van der Waals surface area contributed by atoms with Crippen LogP contribution in [0.15, 0.2) is 83.3 Å². The lowest BCUT2D eigenvalue weighted by atomic mass is 9.85. The van der Waals surface area contributed by atoms with Crippen LogP contribution < -0.4 is 0 Å². The predicted octanol–water partition coefficient (Wildman–Crippen LogP) is 7.67. The van der Waals surface area contributed by atoms with Gasteiger partial charge in [0.1, 0.15) is 0 Å².